The lowest BCUT2D eigenvalue weighted by Crippen LogP contribution is -2.53. The molecule has 2 aromatic carbocycles. The Morgan fingerprint density at radius 2 is 1.86 bits per heavy atom. The number of amides is 1. The van der Waals surface area contributed by atoms with E-state index in [9.17, 15) is 14.4 Å². The molecule has 0 bridgehead atoms. The summed E-state index contributed by atoms with van der Waals surface area (Å²) in [5, 5.41) is 9.22. The first-order valence-corrected chi connectivity index (χ1v) is 11.5. The predicted octanol–water partition coefficient (Wildman–Crippen LogP) is 5.17. The number of benzene rings is 2. The summed E-state index contributed by atoms with van der Waals surface area (Å²) >= 11 is 0. The fourth-order valence-electron chi connectivity index (χ4n) is 4.33. The van der Waals surface area contributed by atoms with Crippen LogP contribution in [-0.2, 0) is 17.9 Å². The molecule has 0 aliphatic carbocycles. The van der Waals surface area contributed by atoms with E-state index in [1.165, 1.54) is 23.1 Å². The van der Waals surface area contributed by atoms with Gasteiger partial charge in [0.05, 0.1) is 23.9 Å². The lowest BCUT2D eigenvalue weighted by atomic mass is 9.99. The van der Waals surface area contributed by atoms with Crippen LogP contribution in [0.1, 0.15) is 28.8 Å². The number of carbonyl (C=O) groups excluding carboxylic acids is 1. The minimum atomic E-state index is -1.25. The molecule has 0 N–H and O–H groups in total. The zero-order valence-corrected chi connectivity index (χ0v) is 20.5. The minimum absolute atomic E-state index is 0. The van der Waals surface area contributed by atoms with Gasteiger partial charge in [0.15, 0.2) is 0 Å². The summed E-state index contributed by atoms with van der Waals surface area (Å²) in [6.45, 7) is 1.29. The van der Waals surface area contributed by atoms with Gasteiger partial charge in [0, 0.05) is 37.9 Å². The van der Waals surface area contributed by atoms with Crippen molar-refractivity contribution in [3.8, 4) is 6.07 Å². The van der Waals surface area contributed by atoms with Gasteiger partial charge in [-0.25, -0.2) is 8.78 Å². The molecule has 1 aromatic heterocycles. The molecule has 1 aliphatic rings. The second kappa shape index (κ2) is 12.9. The van der Waals surface area contributed by atoms with Crippen molar-refractivity contribution in [3.05, 3.63) is 107 Å². The van der Waals surface area contributed by atoms with E-state index in [2.05, 4.69) is 11.1 Å². The summed E-state index contributed by atoms with van der Waals surface area (Å²) in [6, 6.07) is 20.5. The number of alkyl halides is 1. The van der Waals surface area contributed by atoms with Crippen LogP contribution >= 0.6 is 12.4 Å². The second-order valence-corrected chi connectivity index (χ2v) is 8.54. The first-order valence-electron chi connectivity index (χ1n) is 11.5. The lowest BCUT2D eigenvalue weighted by molar-refractivity contribution is -0.129. The van der Waals surface area contributed by atoms with Crippen LogP contribution in [0.25, 0.3) is 6.08 Å². The van der Waals surface area contributed by atoms with Gasteiger partial charge in [-0.1, -0.05) is 36.4 Å². The normalized spacial score (nSPS) is 17.6. The molecule has 3 aromatic rings. The third-order valence-electron chi connectivity index (χ3n) is 6.16. The van der Waals surface area contributed by atoms with Crippen LogP contribution in [0.15, 0.2) is 79.0 Å². The van der Waals surface area contributed by atoms with Gasteiger partial charge in [-0.15, -0.1) is 12.4 Å². The van der Waals surface area contributed by atoms with Crippen LogP contribution in [0, 0.1) is 17.1 Å². The molecule has 4 rings (SSSR count). The number of hydrogen-bond acceptors (Lipinski definition) is 4. The number of carbonyl (C=O) groups is 1. The van der Waals surface area contributed by atoms with Gasteiger partial charge in [0.25, 0.3) is 0 Å². The first-order chi connectivity index (χ1) is 17.0. The average molecular weight is 509 g/mol. The van der Waals surface area contributed by atoms with Crippen molar-refractivity contribution in [2.75, 3.05) is 13.1 Å². The highest BCUT2D eigenvalue weighted by Crippen LogP contribution is 2.24. The number of likely N-dealkylation sites (tertiary alicyclic amines) is 1. The first kappa shape index (κ1) is 27.0. The number of nitrogens with zero attached hydrogens (tertiary/aromatic N) is 4. The molecule has 1 aliphatic heterocycles. The minimum Gasteiger partial charge on any atom is -0.336 e. The van der Waals surface area contributed by atoms with Crippen LogP contribution in [0.2, 0.25) is 0 Å². The number of piperidine rings is 1. The van der Waals surface area contributed by atoms with E-state index in [1.54, 1.807) is 48.7 Å². The van der Waals surface area contributed by atoms with Crippen molar-refractivity contribution in [1.29, 1.82) is 5.26 Å². The van der Waals surface area contributed by atoms with Crippen molar-refractivity contribution in [3.63, 3.8) is 0 Å². The summed E-state index contributed by atoms with van der Waals surface area (Å²) < 4.78 is 28.9. The summed E-state index contributed by atoms with van der Waals surface area (Å²) in [7, 11) is 0. The molecule has 0 spiro atoms. The molecule has 1 amide bonds. The lowest BCUT2D eigenvalue weighted by Gasteiger charge is -2.40. The van der Waals surface area contributed by atoms with Crippen molar-refractivity contribution in [2.24, 2.45) is 0 Å². The Hall–Kier alpha value is -3.60. The molecule has 186 valence electrons. The maximum atomic E-state index is 15.5. The van der Waals surface area contributed by atoms with Crippen molar-refractivity contribution >= 4 is 24.4 Å². The van der Waals surface area contributed by atoms with E-state index in [0.29, 0.717) is 37.2 Å². The standard InChI is InChI=1S/C28H26F2N4O.ClH/c29-24-11-8-21(9-12-24)18-34(19-25-7-3-4-15-32-25)27-14-16-33(20-26(27)30)28(35)13-10-22-5-1-2-6-23(22)17-31;/h1-13,15,26-27H,14,16,18-20H2;1H/b13-10+;. The van der Waals surface area contributed by atoms with Gasteiger partial charge in [0.2, 0.25) is 5.91 Å². The Balaban J connectivity index is 0.00000361. The SMILES string of the molecule is Cl.N#Cc1ccccc1/C=C/C(=O)N1CCC(N(Cc2ccc(F)cc2)Cc2ccccn2)C(F)C1. The summed E-state index contributed by atoms with van der Waals surface area (Å²) in [5.41, 5.74) is 2.83. The quantitative estimate of drug-likeness (QED) is 0.413. The number of pyridine rings is 1. The number of nitriles is 1. The van der Waals surface area contributed by atoms with Gasteiger partial charge in [-0.3, -0.25) is 14.7 Å². The Morgan fingerprint density at radius 1 is 1.11 bits per heavy atom. The molecular formula is C28H27ClF2N4O. The topological polar surface area (TPSA) is 60.2 Å². The van der Waals surface area contributed by atoms with Gasteiger partial charge in [-0.05, 0) is 54.0 Å². The molecule has 2 heterocycles. The second-order valence-electron chi connectivity index (χ2n) is 8.54. The molecule has 1 saturated heterocycles. The van der Waals surface area contributed by atoms with E-state index in [0.717, 1.165) is 11.3 Å². The van der Waals surface area contributed by atoms with E-state index >= 15 is 4.39 Å². The number of aromatic nitrogens is 1. The summed E-state index contributed by atoms with van der Waals surface area (Å²) in [4.78, 5) is 20.6. The zero-order chi connectivity index (χ0) is 24.6. The smallest absolute Gasteiger partial charge is 0.246 e. The highest BCUT2D eigenvalue weighted by Gasteiger charge is 2.35. The van der Waals surface area contributed by atoms with Crippen LogP contribution < -0.4 is 0 Å². The molecule has 0 radical (unpaired) electrons. The molecule has 8 heteroatoms. The third kappa shape index (κ3) is 6.97. The van der Waals surface area contributed by atoms with Crippen LogP contribution in [0.4, 0.5) is 8.78 Å². The Morgan fingerprint density at radius 3 is 2.56 bits per heavy atom. The Bertz CT molecular complexity index is 1210. The van der Waals surface area contributed by atoms with Gasteiger partial charge in [-0.2, -0.15) is 5.26 Å². The predicted molar refractivity (Wildman–Crippen MR) is 137 cm³/mol. The van der Waals surface area contributed by atoms with Gasteiger partial charge < -0.3 is 4.90 Å². The molecular weight excluding hydrogens is 482 g/mol. The number of rotatable bonds is 7. The molecule has 2 atom stereocenters. The molecule has 36 heavy (non-hydrogen) atoms. The van der Waals surface area contributed by atoms with Gasteiger partial charge in [0.1, 0.15) is 12.0 Å². The molecule has 0 saturated carbocycles. The van der Waals surface area contributed by atoms with Gasteiger partial charge >= 0.3 is 0 Å². The van der Waals surface area contributed by atoms with Crippen LogP contribution in [0.5, 0.6) is 0 Å². The monoisotopic (exact) mass is 508 g/mol. The van der Waals surface area contributed by atoms with Crippen molar-refractivity contribution in [2.45, 2.75) is 31.7 Å². The van der Waals surface area contributed by atoms with Crippen molar-refractivity contribution in [1.82, 2.24) is 14.8 Å². The van der Waals surface area contributed by atoms with Crippen LogP contribution in [-0.4, -0.2) is 46.0 Å². The molecule has 2 unspecified atom stereocenters. The number of halogens is 3. The highest BCUT2D eigenvalue weighted by molar-refractivity contribution is 5.92. The van der Waals surface area contributed by atoms with E-state index in [1.807, 2.05) is 23.1 Å². The Labute approximate surface area is 216 Å². The maximum Gasteiger partial charge on any atom is 0.246 e. The largest absolute Gasteiger partial charge is 0.336 e. The fourth-order valence-corrected chi connectivity index (χ4v) is 4.33. The molecule has 1 fully saturated rings. The van der Waals surface area contributed by atoms with Crippen LogP contribution in [0.3, 0.4) is 0 Å². The maximum absolute atomic E-state index is 15.5. The summed E-state index contributed by atoms with van der Waals surface area (Å²) in [6.07, 6.45) is 3.91. The van der Waals surface area contributed by atoms with Crippen molar-refractivity contribution < 1.29 is 13.6 Å². The number of hydrogen-bond donors (Lipinski definition) is 0. The molecule has 5 nitrogen and oxygen atoms in total. The highest BCUT2D eigenvalue weighted by atomic mass is 35.5. The van der Waals surface area contributed by atoms with E-state index in [-0.39, 0.29) is 30.7 Å². The van der Waals surface area contributed by atoms with E-state index in [4.69, 9.17) is 0 Å². The summed E-state index contributed by atoms with van der Waals surface area (Å²) in [5.74, 6) is -0.598. The zero-order valence-electron chi connectivity index (χ0n) is 19.6. The van der Waals surface area contributed by atoms with E-state index < -0.39 is 12.2 Å². The fraction of sp³-hybridized carbons (Fsp3) is 0.250. The third-order valence-corrected chi connectivity index (χ3v) is 6.16. The Kier molecular flexibility index (Phi) is 9.69. The average Bonchev–Trinajstić information content (AvgIpc) is 2.89.